The molecular formula is C26H52N4O3. The minimum Gasteiger partial charge on any atom is -0.356 e. The zero-order valence-corrected chi connectivity index (χ0v) is 21.5. The summed E-state index contributed by atoms with van der Waals surface area (Å²) < 4.78 is 0. The van der Waals surface area contributed by atoms with E-state index in [2.05, 4.69) is 17.6 Å². The Labute approximate surface area is 202 Å². The van der Waals surface area contributed by atoms with Crippen molar-refractivity contribution >= 4 is 17.6 Å². The quantitative estimate of drug-likeness (QED) is 0.169. The summed E-state index contributed by atoms with van der Waals surface area (Å²) in [5, 5.41) is 5.88. The zero-order chi connectivity index (χ0) is 24.7. The zero-order valence-electron chi connectivity index (χ0n) is 21.5. The van der Waals surface area contributed by atoms with E-state index in [-0.39, 0.29) is 29.9 Å². The molecule has 0 fully saturated rings. The molecule has 0 aliphatic heterocycles. The van der Waals surface area contributed by atoms with Crippen molar-refractivity contribution in [1.29, 1.82) is 0 Å². The molecule has 0 aromatic rings. The summed E-state index contributed by atoms with van der Waals surface area (Å²) in [6.45, 7) is 5.95. The first-order chi connectivity index (χ1) is 16.0. The first-order valence-electron chi connectivity index (χ1n) is 13.5. The third-order valence-electron chi connectivity index (χ3n) is 6.05. The van der Waals surface area contributed by atoms with Gasteiger partial charge in [0.25, 0.3) is 0 Å². The summed E-state index contributed by atoms with van der Waals surface area (Å²) in [6, 6.07) is -0.537. The molecule has 0 rings (SSSR count). The summed E-state index contributed by atoms with van der Waals surface area (Å²) in [7, 11) is 0. The van der Waals surface area contributed by atoms with Crippen LogP contribution in [-0.2, 0) is 14.4 Å². The number of unbranched alkanes of at least 4 members (excludes halogenated alkanes) is 8. The van der Waals surface area contributed by atoms with Crippen LogP contribution in [0.1, 0.15) is 117 Å². The van der Waals surface area contributed by atoms with Crippen LogP contribution in [0.15, 0.2) is 0 Å². The van der Waals surface area contributed by atoms with Gasteiger partial charge in [-0.25, -0.2) is 0 Å². The van der Waals surface area contributed by atoms with Crippen molar-refractivity contribution in [3.63, 3.8) is 0 Å². The standard InChI is InChI=1S/C26H52N4O3/c1-3-5-6-7-8-9-10-17-25(32)30-23(16-12-14-19-28)24(31)21-22(15-11-13-18-27)26(33)29-20-4-2/h22-23H,3-21,27-28H2,1-2H3,(H,29,33)(H,30,32). The molecule has 2 unspecified atom stereocenters. The second-order valence-corrected chi connectivity index (χ2v) is 9.22. The van der Waals surface area contributed by atoms with Gasteiger partial charge in [0, 0.05) is 25.3 Å². The van der Waals surface area contributed by atoms with E-state index >= 15 is 0 Å². The van der Waals surface area contributed by atoms with Crippen LogP contribution < -0.4 is 22.1 Å². The Hall–Kier alpha value is -1.47. The second kappa shape index (κ2) is 22.3. The number of carbonyl (C=O) groups excluding carboxylic acids is 3. The number of amides is 2. The van der Waals surface area contributed by atoms with Gasteiger partial charge in [0.05, 0.1) is 6.04 Å². The predicted octanol–water partition coefficient (Wildman–Crippen LogP) is 3.97. The third kappa shape index (κ3) is 17.6. The number of nitrogens with one attached hydrogen (secondary N) is 2. The van der Waals surface area contributed by atoms with Crippen LogP contribution in [0.25, 0.3) is 0 Å². The van der Waals surface area contributed by atoms with Crippen LogP contribution >= 0.6 is 0 Å². The van der Waals surface area contributed by atoms with Gasteiger partial charge in [0.15, 0.2) is 5.78 Å². The lowest BCUT2D eigenvalue weighted by Crippen LogP contribution is -2.43. The normalized spacial score (nSPS) is 12.8. The molecule has 2 atom stereocenters. The number of Topliss-reactive ketones (excluding diaryl/α,β-unsaturated/α-hetero) is 1. The van der Waals surface area contributed by atoms with Crippen LogP contribution in [0, 0.1) is 5.92 Å². The Balaban J connectivity index is 4.79. The number of rotatable bonds is 23. The Kier molecular flexibility index (Phi) is 21.3. The van der Waals surface area contributed by atoms with Gasteiger partial charge < -0.3 is 22.1 Å². The highest BCUT2D eigenvalue weighted by Gasteiger charge is 2.27. The highest BCUT2D eigenvalue weighted by atomic mass is 16.2. The lowest BCUT2D eigenvalue weighted by atomic mass is 9.91. The van der Waals surface area contributed by atoms with E-state index < -0.39 is 6.04 Å². The molecule has 7 heteroatoms. The van der Waals surface area contributed by atoms with Crippen LogP contribution in [0.4, 0.5) is 0 Å². The minimum absolute atomic E-state index is 0.0515. The number of carbonyl (C=O) groups is 3. The van der Waals surface area contributed by atoms with Crippen molar-refractivity contribution in [2.24, 2.45) is 17.4 Å². The molecular weight excluding hydrogens is 416 g/mol. The molecule has 0 aliphatic rings. The molecule has 2 amide bonds. The molecule has 0 saturated heterocycles. The van der Waals surface area contributed by atoms with Gasteiger partial charge in [-0.15, -0.1) is 0 Å². The summed E-state index contributed by atoms with van der Waals surface area (Å²) in [5.41, 5.74) is 11.2. The molecule has 0 aromatic heterocycles. The SMILES string of the molecule is CCCCCCCCCC(=O)NC(CCCCN)C(=O)CC(CCCCN)C(=O)NCCC. The molecule has 33 heavy (non-hydrogen) atoms. The van der Waals surface area contributed by atoms with Crippen molar-refractivity contribution < 1.29 is 14.4 Å². The van der Waals surface area contributed by atoms with Crippen LogP contribution in [0.2, 0.25) is 0 Å². The number of hydrogen-bond donors (Lipinski definition) is 4. The highest BCUT2D eigenvalue weighted by Crippen LogP contribution is 2.17. The van der Waals surface area contributed by atoms with E-state index in [0.717, 1.165) is 51.4 Å². The lowest BCUT2D eigenvalue weighted by molar-refractivity contribution is -0.132. The maximum absolute atomic E-state index is 13.1. The summed E-state index contributed by atoms with van der Waals surface area (Å²) >= 11 is 0. The highest BCUT2D eigenvalue weighted by molar-refractivity contribution is 5.92. The smallest absolute Gasteiger partial charge is 0.223 e. The number of nitrogens with two attached hydrogens (primary N) is 2. The van der Waals surface area contributed by atoms with Gasteiger partial charge in [-0.1, -0.05) is 58.8 Å². The Morgan fingerprint density at radius 3 is 1.94 bits per heavy atom. The Bertz CT molecular complexity index is 514. The lowest BCUT2D eigenvalue weighted by Gasteiger charge is -2.21. The monoisotopic (exact) mass is 468 g/mol. The van der Waals surface area contributed by atoms with Gasteiger partial charge in [-0.2, -0.15) is 0 Å². The number of hydrogen-bond acceptors (Lipinski definition) is 5. The number of ketones is 1. The second-order valence-electron chi connectivity index (χ2n) is 9.22. The topological polar surface area (TPSA) is 127 Å². The maximum atomic E-state index is 13.1. The molecule has 0 radical (unpaired) electrons. The van der Waals surface area contributed by atoms with Gasteiger partial charge >= 0.3 is 0 Å². The Morgan fingerprint density at radius 1 is 0.727 bits per heavy atom. The van der Waals surface area contributed by atoms with E-state index in [1.807, 2.05) is 6.92 Å². The molecule has 6 N–H and O–H groups in total. The van der Waals surface area contributed by atoms with Crippen LogP contribution in [0.3, 0.4) is 0 Å². The summed E-state index contributed by atoms with van der Waals surface area (Å²) in [5.74, 6) is -0.556. The van der Waals surface area contributed by atoms with Crippen LogP contribution in [-0.4, -0.2) is 43.3 Å². The molecule has 0 saturated carbocycles. The predicted molar refractivity (Wildman–Crippen MR) is 137 cm³/mol. The van der Waals surface area contributed by atoms with E-state index in [9.17, 15) is 14.4 Å². The van der Waals surface area contributed by atoms with Gasteiger partial charge in [-0.3, -0.25) is 14.4 Å². The van der Waals surface area contributed by atoms with Crippen molar-refractivity contribution in [2.45, 2.75) is 123 Å². The molecule has 0 heterocycles. The molecule has 0 spiro atoms. The first-order valence-corrected chi connectivity index (χ1v) is 13.5. The van der Waals surface area contributed by atoms with Crippen molar-refractivity contribution in [2.75, 3.05) is 19.6 Å². The van der Waals surface area contributed by atoms with Gasteiger partial charge in [0.2, 0.25) is 11.8 Å². The Morgan fingerprint density at radius 2 is 1.33 bits per heavy atom. The molecule has 0 bridgehead atoms. The third-order valence-corrected chi connectivity index (χ3v) is 6.05. The van der Waals surface area contributed by atoms with E-state index in [0.29, 0.717) is 38.9 Å². The summed E-state index contributed by atoms with van der Waals surface area (Å²) in [6.07, 6.45) is 14.0. The fraction of sp³-hybridized carbons (Fsp3) is 0.885. The van der Waals surface area contributed by atoms with E-state index in [4.69, 9.17) is 11.5 Å². The van der Waals surface area contributed by atoms with E-state index in [1.165, 1.54) is 25.7 Å². The fourth-order valence-electron chi connectivity index (χ4n) is 3.95. The first kappa shape index (κ1) is 31.5. The molecule has 7 nitrogen and oxygen atoms in total. The summed E-state index contributed by atoms with van der Waals surface area (Å²) in [4.78, 5) is 38.2. The average Bonchev–Trinajstić information content (AvgIpc) is 2.80. The average molecular weight is 469 g/mol. The molecule has 0 aromatic carbocycles. The van der Waals surface area contributed by atoms with Gasteiger partial charge in [0.1, 0.15) is 0 Å². The maximum Gasteiger partial charge on any atom is 0.223 e. The molecule has 0 aliphatic carbocycles. The van der Waals surface area contributed by atoms with Crippen molar-refractivity contribution in [3.05, 3.63) is 0 Å². The van der Waals surface area contributed by atoms with E-state index in [1.54, 1.807) is 0 Å². The van der Waals surface area contributed by atoms with Crippen molar-refractivity contribution in [1.82, 2.24) is 10.6 Å². The van der Waals surface area contributed by atoms with Gasteiger partial charge in [-0.05, 0) is 58.0 Å². The minimum atomic E-state index is -0.537. The van der Waals surface area contributed by atoms with Crippen molar-refractivity contribution in [3.8, 4) is 0 Å². The largest absolute Gasteiger partial charge is 0.356 e. The fourth-order valence-corrected chi connectivity index (χ4v) is 3.95. The molecule has 194 valence electrons. The van der Waals surface area contributed by atoms with Crippen LogP contribution in [0.5, 0.6) is 0 Å².